The quantitative estimate of drug-likeness (QED) is 0.606. The van der Waals surface area contributed by atoms with E-state index in [-0.39, 0.29) is 11.3 Å². The number of nitrogens with one attached hydrogen (secondary N) is 1. The lowest BCUT2D eigenvalue weighted by atomic mass is 9.98. The van der Waals surface area contributed by atoms with Crippen LogP contribution < -0.4 is 10.5 Å². The van der Waals surface area contributed by atoms with Crippen LogP contribution in [-0.4, -0.2) is 12.4 Å². The van der Waals surface area contributed by atoms with Crippen LogP contribution in [0.2, 0.25) is 0 Å². The Morgan fingerprint density at radius 2 is 2.11 bits per heavy atom. The Kier molecular flexibility index (Phi) is 3.83. The van der Waals surface area contributed by atoms with Gasteiger partial charge in [0.25, 0.3) is 0 Å². The SMILES string of the molecule is Cc1cc(OCC2(CC(=N)N)CC2)ccc1C(C)C. The summed E-state index contributed by atoms with van der Waals surface area (Å²) >= 11 is 0. The molecule has 0 radical (unpaired) electrons. The summed E-state index contributed by atoms with van der Waals surface area (Å²) in [7, 11) is 0. The fraction of sp³-hybridized carbons (Fsp3) is 0.562. The number of amidine groups is 1. The van der Waals surface area contributed by atoms with Crippen LogP contribution in [0.25, 0.3) is 0 Å². The Bertz CT molecular complexity index is 476. The van der Waals surface area contributed by atoms with Crippen LogP contribution in [-0.2, 0) is 0 Å². The molecule has 0 amide bonds. The van der Waals surface area contributed by atoms with Gasteiger partial charge in [0.2, 0.25) is 0 Å². The molecule has 0 bridgehead atoms. The third kappa shape index (κ3) is 3.49. The van der Waals surface area contributed by atoms with Gasteiger partial charge in [0, 0.05) is 11.8 Å². The molecule has 1 aliphatic rings. The van der Waals surface area contributed by atoms with Crippen molar-refractivity contribution < 1.29 is 4.74 Å². The van der Waals surface area contributed by atoms with Gasteiger partial charge in [-0.3, -0.25) is 5.41 Å². The van der Waals surface area contributed by atoms with Crippen molar-refractivity contribution in [3.63, 3.8) is 0 Å². The highest BCUT2D eigenvalue weighted by atomic mass is 16.5. The largest absolute Gasteiger partial charge is 0.493 e. The highest BCUT2D eigenvalue weighted by molar-refractivity contribution is 5.78. The summed E-state index contributed by atoms with van der Waals surface area (Å²) < 4.78 is 5.90. The van der Waals surface area contributed by atoms with Gasteiger partial charge >= 0.3 is 0 Å². The van der Waals surface area contributed by atoms with Gasteiger partial charge in [0.15, 0.2) is 0 Å². The molecule has 1 aromatic rings. The van der Waals surface area contributed by atoms with E-state index in [1.54, 1.807) is 0 Å². The maximum Gasteiger partial charge on any atom is 0.119 e. The van der Waals surface area contributed by atoms with Gasteiger partial charge in [-0.1, -0.05) is 19.9 Å². The minimum Gasteiger partial charge on any atom is -0.493 e. The predicted molar refractivity (Wildman–Crippen MR) is 79.0 cm³/mol. The van der Waals surface area contributed by atoms with Crippen LogP contribution in [0.15, 0.2) is 18.2 Å². The van der Waals surface area contributed by atoms with Gasteiger partial charge in [-0.15, -0.1) is 0 Å². The van der Waals surface area contributed by atoms with E-state index < -0.39 is 0 Å². The summed E-state index contributed by atoms with van der Waals surface area (Å²) in [4.78, 5) is 0. The number of hydrogen-bond acceptors (Lipinski definition) is 2. The number of aryl methyl sites for hydroxylation is 1. The van der Waals surface area contributed by atoms with E-state index in [0.29, 0.717) is 18.9 Å². The smallest absolute Gasteiger partial charge is 0.119 e. The lowest BCUT2D eigenvalue weighted by Gasteiger charge is -2.17. The van der Waals surface area contributed by atoms with Crippen LogP contribution in [0, 0.1) is 17.7 Å². The first-order valence-corrected chi connectivity index (χ1v) is 6.98. The average molecular weight is 260 g/mol. The van der Waals surface area contributed by atoms with E-state index in [9.17, 15) is 0 Å². The Labute approximate surface area is 115 Å². The molecular formula is C16H24N2O. The van der Waals surface area contributed by atoms with Crippen molar-refractivity contribution in [1.82, 2.24) is 0 Å². The number of hydrogen-bond donors (Lipinski definition) is 2. The van der Waals surface area contributed by atoms with Crippen molar-refractivity contribution in [2.24, 2.45) is 11.1 Å². The van der Waals surface area contributed by atoms with Crippen molar-refractivity contribution in [1.29, 1.82) is 5.41 Å². The van der Waals surface area contributed by atoms with Crippen molar-refractivity contribution in [2.45, 2.75) is 46.0 Å². The number of ether oxygens (including phenoxy) is 1. The molecule has 104 valence electrons. The second-order valence-corrected chi connectivity index (χ2v) is 6.16. The topological polar surface area (TPSA) is 59.1 Å². The van der Waals surface area contributed by atoms with Crippen LogP contribution in [0.1, 0.15) is 50.2 Å². The number of benzene rings is 1. The standard InChI is InChI=1S/C16H24N2O/c1-11(2)14-5-4-13(8-12(14)3)19-10-16(6-7-16)9-15(17)18/h4-5,8,11H,6-7,9-10H2,1-3H3,(H3,17,18). The predicted octanol–water partition coefficient (Wildman–Crippen LogP) is 3.60. The Balaban J connectivity index is 1.97. The minimum absolute atomic E-state index is 0.135. The van der Waals surface area contributed by atoms with Gasteiger partial charge in [0.1, 0.15) is 5.75 Å². The first-order valence-electron chi connectivity index (χ1n) is 6.98. The summed E-state index contributed by atoms with van der Waals surface area (Å²) in [6.45, 7) is 7.21. The van der Waals surface area contributed by atoms with E-state index in [1.807, 2.05) is 6.07 Å². The van der Waals surface area contributed by atoms with E-state index in [2.05, 4.69) is 32.9 Å². The summed E-state index contributed by atoms with van der Waals surface area (Å²) in [6.07, 6.45) is 2.90. The highest BCUT2D eigenvalue weighted by Crippen LogP contribution is 2.48. The zero-order valence-corrected chi connectivity index (χ0v) is 12.1. The molecule has 3 N–H and O–H groups in total. The van der Waals surface area contributed by atoms with Crippen molar-refractivity contribution in [3.8, 4) is 5.75 Å². The minimum atomic E-state index is 0.135. The van der Waals surface area contributed by atoms with Crippen molar-refractivity contribution in [2.75, 3.05) is 6.61 Å². The maximum atomic E-state index is 7.40. The molecule has 0 aromatic heterocycles. The first-order chi connectivity index (χ1) is 8.92. The van der Waals surface area contributed by atoms with E-state index in [0.717, 1.165) is 18.6 Å². The average Bonchev–Trinajstić information content (AvgIpc) is 3.05. The van der Waals surface area contributed by atoms with Crippen LogP contribution in [0.5, 0.6) is 5.75 Å². The lowest BCUT2D eigenvalue weighted by molar-refractivity contribution is 0.238. The molecule has 2 rings (SSSR count). The van der Waals surface area contributed by atoms with Gasteiger partial charge in [-0.25, -0.2) is 0 Å². The normalized spacial score (nSPS) is 16.4. The molecule has 0 unspecified atom stereocenters. The molecule has 1 saturated carbocycles. The fourth-order valence-electron chi connectivity index (χ4n) is 2.58. The van der Waals surface area contributed by atoms with Gasteiger partial charge in [-0.05, 0) is 48.9 Å². The zero-order chi connectivity index (χ0) is 14.0. The van der Waals surface area contributed by atoms with E-state index >= 15 is 0 Å². The fourth-order valence-corrected chi connectivity index (χ4v) is 2.58. The molecule has 0 aliphatic heterocycles. The summed E-state index contributed by atoms with van der Waals surface area (Å²) in [5.74, 6) is 1.74. The Morgan fingerprint density at radius 1 is 1.42 bits per heavy atom. The molecule has 19 heavy (non-hydrogen) atoms. The van der Waals surface area contributed by atoms with E-state index in [1.165, 1.54) is 11.1 Å². The van der Waals surface area contributed by atoms with Crippen molar-refractivity contribution >= 4 is 5.84 Å². The van der Waals surface area contributed by atoms with Gasteiger partial charge < -0.3 is 10.5 Å². The Hall–Kier alpha value is -1.51. The second kappa shape index (κ2) is 5.24. The Morgan fingerprint density at radius 3 is 2.58 bits per heavy atom. The molecule has 0 spiro atoms. The molecule has 3 nitrogen and oxygen atoms in total. The first kappa shape index (κ1) is 13.9. The summed E-state index contributed by atoms with van der Waals surface area (Å²) in [6, 6.07) is 6.31. The molecule has 3 heteroatoms. The van der Waals surface area contributed by atoms with Crippen LogP contribution in [0.3, 0.4) is 0 Å². The molecule has 0 saturated heterocycles. The molecule has 0 atom stereocenters. The van der Waals surface area contributed by atoms with Crippen molar-refractivity contribution in [3.05, 3.63) is 29.3 Å². The summed E-state index contributed by atoms with van der Waals surface area (Å²) in [5, 5.41) is 7.40. The molecule has 1 aromatic carbocycles. The zero-order valence-electron chi connectivity index (χ0n) is 12.1. The molecule has 1 aliphatic carbocycles. The number of nitrogens with two attached hydrogens (primary N) is 1. The highest BCUT2D eigenvalue weighted by Gasteiger charge is 2.43. The third-order valence-electron chi connectivity index (χ3n) is 3.93. The number of rotatable bonds is 6. The van der Waals surface area contributed by atoms with Crippen LogP contribution >= 0.6 is 0 Å². The maximum absolute atomic E-state index is 7.40. The van der Waals surface area contributed by atoms with E-state index in [4.69, 9.17) is 15.9 Å². The lowest BCUT2D eigenvalue weighted by Crippen LogP contribution is -2.21. The molecule has 0 heterocycles. The third-order valence-corrected chi connectivity index (χ3v) is 3.93. The molecular weight excluding hydrogens is 236 g/mol. The second-order valence-electron chi connectivity index (χ2n) is 6.16. The molecule has 1 fully saturated rings. The monoisotopic (exact) mass is 260 g/mol. The van der Waals surface area contributed by atoms with Gasteiger partial charge in [0.05, 0.1) is 12.4 Å². The van der Waals surface area contributed by atoms with Crippen LogP contribution in [0.4, 0.5) is 0 Å². The van der Waals surface area contributed by atoms with Gasteiger partial charge in [-0.2, -0.15) is 0 Å². The summed E-state index contributed by atoms with van der Waals surface area (Å²) in [5.41, 5.74) is 8.28.